The van der Waals surface area contributed by atoms with Crippen molar-refractivity contribution < 1.29 is 13.6 Å². The third kappa shape index (κ3) is 3.70. The topological polar surface area (TPSA) is 77.4 Å². The molecular formula is C15H16N4O3. The average Bonchev–Trinajstić information content (AvgIpc) is 3.21. The molecule has 0 radical (unpaired) electrons. The zero-order valence-corrected chi connectivity index (χ0v) is 12.2. The molecule has 7 nitrogen and oxygen atoms in total. The lowest BCUT2D eigenvalue weighted by atomic mass is 10.3. The normalized spacial score (nSPS) is 11.0. The number of oxazole rings is 2. The van der Waals surface area contributed by atoms with Gasteiger partial charge in [0, 0.05) is 31.9 Å². The van der Waals surface area contributed by atoms with E-state index in [0.29, 0.717) is 19.6 Å². The summed E-state index contributed by atoms with van der Waals surface area (Å²) in [6.07, 6.45) is 7.85. The summed E-state index contributed by atoms with van der Waals surface area (Å²) in [4.78, 5) is 14.9. The molecule has 0 atom stereocenters. The van der Waals surface area contributed by atoms with Gasteiger partial charge in [-0.1, -0.05) is 0 Å². The molecule has 3 aromatic heterocycles. The minimum Gasteiger partial charge on any atom is -0.497 e. The van der Waals surface area contributed by atoms with Gasteiger partial charge in [0.15, 0.2) is 12.8 Å². The number of nitrogens with zero attached hydrogens (tertiary/aromatic N) is 4. The third-order valence-electron chi connectivity index (χ3n) is 3.15. The van der Waals surface area contributed by atoms with Gasteiger partial charge in [-0.05, 0) is 6.07 Å². The molecule has 0 saturated carbocycles. The van der Waals surface area contributed by atoms with Crippen molar-refractivity contribution >= 4 is 0 Å². The van der Waals surface area contributed by atoms with Crippen LogP contribution in [0.2, 0.25) is 0 Å². The third-order valence-corrected chi connectivity index (χ3v) is 3.15. The van der Waals surface area contributed by atoms with Crippen molar-refractivity contribution in [2.45, 2.75) is 19.6 Å². The van der Waals surface area contributed by atoms with Crippen LogP contribution in [0.4, 0.5) is 0 Å². The summed E-state index contributed by atoms with van der Waals surface area (Å²) in [5.41, 5.74) is 2.61. The molecule has 0 N–H and O–H groups in total. The van der Waals surface area contributed by atoms with Gasteiger partial charge in [0.05, 0.1) is 24.2 Å². The van der Waals surface area contributed by atoms with Crippen LogP contribution in [0.1, 0.15) is 17.1 Å². The van der Waals surface area contributed by atoms with Crippen LogP contribution in [0.15, 0.2) is 52.5 Å². The summed E-state index contributed by atoms with van der Waals surface area (Å²) < 4.78 is 15.3. The Balaban J connectivity index is 1.74. The number of aromatic nitrogens is 3. The van der Waals surface area contributed by atoms with Gasteiger partial charge >= 0.3 is 0 Å². The SMILES string of the molecule is COc1ccnc(CN(Cc2cocn2)Cc2cocn2)c1. The second kappa shape index (κ2) is 6.86. The van der Waals surface area contributed by atoms with Crippen LogP contribution < -0.4 is 4.74 Å². The maximum absolute atomic E-state index is 5.23. The predicted octanol–water partition coefficient (Wildman–Crippen LogP) is 2.27. The molecule has 0 aliphatic carbocycles. The first-order valence-corrected chi connectivity index (χ1v) is 6.79. The van der Waals surface area contributed by atoms with Crippen LogP contribution in [-0.4, -0.2) is 27.0 Å². The van der Waals surface area contributed by atoms with Crippen molar-refractivity contribution in [3.05, 3.63) is 60.7 Å². The van der Waals surface area contributed by atoms with Crippen molar-refractivity contribution in [2.75, 3.05) is 7.11 Å². The first kappa shape index (κ1) is 14.3. The van der Waals surface area contributed by atoms with Gasteiger partial charge in [-0.25, -0.2) is 9.97 Å². The smallest absolute Gasteiger partial charge is 0.180 e. The average molecular weight is 300 g/mol. The Kier molecular flexibility index (Phi) is 4.45. The molecule has 0 bridgehead atoms. The Bertz CT molecular complexity index is 646. The van der Waals surface area contributed by atoms with Gasteiger partial charge in [0.25, 0.3) is 0 Å². The van der Waals surface area contributed by atoms with E-state index in [4.69, 9.17) is 13.6 Å². The summed E-state index contributed by atoms with van der Waals surface area (Å²) in [5, 5.41) is 0. The lowest BCUT2D eigenvalue weighted by molar-refractivity contribution is 0.238. The Morgan fingerprint density at radius 1 is 0.955 bits per heavy atom. The van der Waals surface area contributed by atoms with Crippen molar-refractivity contribution in [3.8, 4) is 5.75 Å². The van der Waals surface area contributed by atoms with Crippen LogP contribution in [0, 0.1) is 0 Å². The van der Waals surface area contributed by atoms with Crippen molar-refractivity contribution in [2.24, 2.45) is 0 Å². The van der Waals surface area contributed by atoms with Crippen molar-refractivity contribution in [3.63, 3.8) is 0 Å². The number of ether oxygens (including phenoxy) is 1. The lowest BCUT2D eigenvalue weighted by Crippen LogP contribution is -2.23. The van der Waals surface area contributed by atoms with E-state index in [1.807, 2.05) is 12.1 Å². The summed E-state index contributed by atoms with van der Waals surface area (Å²) in [7, 11) is 1.64. The molecule has 0 unspecified atom stereocenters. The van der Waals surface area contributed by atoms with Gasteiger partial charge in [-0.2, -0.15) is 0 Å². The maximum Gasteiger partial charge on any atom is 0.180 e. The fourth-order valence-corrected chi connectivity index (χ4v) is 2.16. The quantitative estimate of drug-likeness (QED) is 0.662. The fourth-order valence-electron chi connectivity index (χ4n) is 2.16. The molecule has 0 aliphatic rings. The number of rotatable bonds is 7. The van der Waals surface area contributed by atoms with E-state index in [-0.39, 0.29) is 0 Å². The first-order chi connectivity index (χ1) is 10.8. The van der Waals surface area contributed by atoms with E-state index in [2.05, 4.69) is 19.9 Å². The van der Waals surface area contributed by atoms with E-state index < -0.39 is 0 Å². The minimum atomic E-state index is 0.627. The zero-order chi connectivity index (χ0) is 15.2. The molecular weight excluding hydrogens is 284 g/mol. The van der Waals surface area contributed by atoms with E-state index in [9.17, 15) is 0 Å². The highest BCUT2D eigenvalue weighted by Gasteiger charge is 2.12. The highest BCUT2D eigenvalue weighted by molar-refractivity contribution is 5.22. The summed E-state index contributed by atoms with van der Waals surface area (Å²) >= 11 is 0. The van der Waals surface area contributed by atoms with E-state index in [1.54, 1.807) is 25.8 Å². The predicted molar refractivity (Wildman–Crippen MR) is 76.7 cm³/mol. The highest BCUT2D eigenvalue weighted by atomic mass is 16.5. The number of hydrogen-bond acceptors (Lipinski definition) is 7. The van der Waals surface area contributed by atoms with Crippen LogP contribution in [0.3, 0.4) is 0 Å². The highest BCUT2D eigenvalue weighted by Crippen LogP contribution is 2.15. The van der Waals surface area contributed by atoms with Gasteiger partial charge in [-0.15, -0.1) is 0 Å². The monoisotopic (exact) mass is 300 g/mol. The molecule has 114 valence electrons. The van der Waals surface area contributed by atoms with Crippen molar-refractivity contribution in [1.82, 2.24) is 19.9 Å². The lowest BCUT2D eigenvalue weighted by Gasteiger charge is -2.19. The Morgan fingerprint density at radius 2 is 1.59 bits per heavy atom. The maximum atomic E-state index is 5.23. The van der Waals surface area contributed by atoms with Gasteiger partial charge < -0.3 is 13.6 Å². The number of pyridine rings is 1. The molecule has 0 saturated heterocycles. The second-order valence-corrected chi connectivity index (χ2v) is 4.79. The molecule has 0 spiro atoms. The summed E-state index contributed by atoms with van der Waals surface area (Å²) in [6, 6.07) is 3.74. The molecule has 0 aromatic carbocycles. The Hall–Kier alpha value is -2.67. The van der Waals surface area contributed by atoms with E-state index >= 15 is 0 Å². The van der Waals surface area contributed by atoms with E-state index in [1.165, 1.54) is 12.8 Å². The molecule has 0 fully saturated rings. The second-order valence-electron chi connectivity index (χ2n) is 4.79. The van der Waals surface area contributed by atoms with Crippen LogP contribution in [-0.2, 0) is 19.6 Å². The molecule has 22 heavy (non-hydrogen) atoms. The molecule has 0 amide bonds. The van der Waals surface area contributed by atoms with Crippen LogP contribution in [0.25, 0.3) is 0 Å². The molecule has 7 heteroatoms. The molecule has 0 aliphatic heterocycles. The van der Waals surface area contributed by atoms with Gasteiger partial charge in [0.2, 0.25) is 0 Å². The number of methoxy groups -OCH3 is 1. The Morgan fingerprint density at radius 3 is 2.14 bits per heavy atom. The first-order valence-electron chi connectivity index (χ1n) is 6.79. The standard InChI is InChI=1S/C15H16N4O3/c1-20-15-2-3-16-12(4-15)5-19(6-13-8-21-10-17-13)7-14-9-22-11-18-14/h2-4,8-11H,5-7H2,1H3. The van der Waals surface area contributed by atoms with Crippen molar-refractivity contribution in [1.29, 1.82) is 0 Å². The summed E-state index contributed by atoms with van der Waals surface area (Å²) in [6.45, 7) is 1.89. The van der Waals surface area contributed by atoms with Crippen LogP contribution in [0.5, 0.6) is 5.75 Å². The van der Waals surface area contributed by atoms with Gasteiger partial charge in [-0.3, -0.25) is 9.88 Å². The fraction of sp³-hybridized carbons (Fsp3) is 0.267. The molecule has 3 heterocycles. The number of hydrogen-bond donors (Lipinski definition) is 0. The largest absolute Gasteiger partial charge is 0.497 e. The molecule has 3 aromatic rings. The Labute approximate surface area is 127 Å². The molecule has 3 rings (SSSR count). The van der Waals surface area contributed by atoms with Crippen LogP contribution >= 0.6 is 0 Å². The summed E-state index contributed by atoms with van der Waals surface area (Å²) in [5.74, 6) is 0.785. The minimum absolute atomic E-state index is 0.627. The van der Waals surface area contributed by atoms with E-state index in [0.717, 1.165) is 22.8 Å². The zero-order valence-electron chi connectivity index (χ0n) is 12.2. The van der Waals surface area contributed by atoms with Gasteiger partial charge in [0.1, 0.15) is 18.3 Å².